The number of nitrogens with zero attached hydrogens (tertiary/aromatic N) is 2. The fourth-order valence-corrected chi connectivity index (χ4v) is 4.27. The number of rotatable bonds is 7. The number of hydrogen-bond donors (Lipinski definition) is 1. The van der Waals surface area contributed by atoms with Crippen molar-refractivity contribution in [2.45, 2.75) is 19.3 Å². The molecule has 0 amide bonds. The van der Waals surface area contributed by atoms with Crippen LogP contribution in [0.1, 0.15) is 5.56 Å². The van der Waals surface area contributed by atoms with E-state index in [-0.39, 0.29) is 25.5 Å². The summed E-state index contributed by atoms with van der Waals surface area (Å²) in [5, 5.41) is 18.4. The lowest BCUT2D eigenvalue weighted by molar-refractivity contribution is 0.0181. The molecule has 0 saturated carbocycles. The van der Waals surface area contributed by atoms with Gasteiger partial charge in [-0.05, 0) is 35.2 Å². The summed E-state index contributed by atoms with van der Waals surface area (Å²) in [7, 11) is 0. The van der Waals surface area contributed by atoms with Gasteiger partial charge in [-0.1, -0.05) is 30.3 Å². The SMILES string of the molecule is O=c1c2ccccc2c(-c2cccs2)nn1C[C@H](O)COCc1ccc2c(c1)OCO2. The van der Waals surface area contributed by atoms with Crippen molar-refractivity contribution < 1.29 is 19.3 Å². The topological polar surface area (TPSA) is 82.8 Å². The van der Waals surface area contributed by atoms with Crippen molar-refractivity contribution in [1.82, 2.24) is 9.78 Å². The first-order valence-corrected chi connectivity index (χ1v) is 10.7. The van der Waals surface area contributed by atoms with E-state index >= 15 is 0 Å². The smallest absolute Gasteiger partial charge is 0.274 e. The van der Waals surface area contributed by atoms with Gasteiger partial charge in [0.2, 0.25) is 6.79 Å². The third-order valence-corrected chi connectivity index (χ3v) is 5.90. The molecule has 3 heterocycles. The highest BCUT2D eigenvalue weighted by Gasteiger charge is 2.16. The lowest BCUT2D eigenvalue weighted by atomic mass is 10.1. The molecule has 0 unspecified atom stereocenters. The van der Waals surface area contributed by atoms with Crippen molar-refractivity contribution in [1.29, 1.82) is 0 Å². The molecule has 1 aliphatic heterocycles. The van der Waals surface area contributed by atoms with Crippen LogP contribution in [0.15, 0.2) is 64.8 Å². The van der Waals surface area contributed by atoms with E-state index in [0.717, 1.165) is 21.5 Å². The van der Waals surface area contributed by atoms with Crippen molar-refractivity contribution in [2.75, 3.05) is 13.4 Å². The molecule has 2 aromatic heterocycles. The van der Waals surface area contributed by atoms with Crippen molar-refractivity contribution in [3.63, 3.8) is 0 Å². The summed E-state index contributed by atoms with van der Waals surface area (Å²) in [6.45, 7) is 0.653. The van der Waals surface area contributed by atoms with Gasteiger partial charge in [-0.3, -0.25) is 4.79 Å². The van der Waals surface area contributed by atoms with Crippen LogP contribution in [0.3, 0.4) is 0 Å². The molecule has 8 heteroatoms. The van der Waals surface area contributed by atoms with Gasteiger partial charge in [-0.2, -0.15) is 5.10 Å². The lowest BCUT2D eigenvalue weighted by Gasteiger charge is -2.14. The molecule has 0 bridgehead atoms. The second-order valence-electron chi connectivity index (χ2n) is 7.22. The quantitative estimate of drug-likeness (QED) is 0.478. The molecule has 5 rings (SSSR count). The standard InChI is InChI=1S/C23H20N2O5S/c26-16(13-28-12-15-7-8-19-20(10-15)30-14-29-19)11-25-23(27)18-5-2-1-4-17(18)22(24-25)21-6-3-9-31-21/h1-10,16,26H,11-14H2/t16-/m0/s1. The van der Waals surface area contributed by atoms with E-state index < -0.39 is 6.10 Å². The summed E-state index contributed by atoms with van der Waals surface area (Å²) in [5.74, 6) is 1.40. The molecule has 4 aromatic rings. The zero-order chi connectivity index (χ0) is 21.2. The molecular weight excluding hydrogens is 416 g/mol. The predicted molar refractivity (Wildman–Crippen MR) is 118 cm³/mol. The Labute approximate surface area is 182 Å². The monoisotopic (exact) mass is 436 g/mol. The van der Waals surface area contributed by atoms with Gasteiger partial charge in [0, 0.05) is 5.39 Å². The number of aliphatic hydroxyl groups is 1. The fourth-order valence-electron chi connectivity index (χ4n) is 3.55. The Bertz CT molecular complexity index is 1270. The van der Waals surface area contributed by atoms with Crippen LogP contribution in [-0.2, 0) is 17.9 Å². The minimum absolute atomic E-state index is 0.0448. The maximum absolute atomic E-state index is 12.9. The van der Waals surface area contributed by atoms with Crippen LogP contribution in [-0.4, -0.2) is 34.4 Å². The van der Waals surface area contributed by atoms with Crippen LogP contribution < -0.4 is 15.0 Å². The van der Waals surface area contributed by atoms with Crippen LogP contribution >= 0.6 is 11.3 Å². The Morgan fingerprint density at radius 2 is 1.94 bits per heavy atom. The minimum atomic E-state index is -0.878. The minimum Gasteiger partial charge on any atom is -0.454 e. The van der Waals surface area contributed by atoms with Gasteiger partial charge in [-0.15, -0.1) is 11.3 Å². The molecule has 0 fully saturated rings. The van der Waals surface area contributed by atoms with Crippen LogP contribution in [0.5, 0.6) is 11.5 Å². The largest absolute Gasteiger partial charge is 0.454 e. The molecule has 1 aliphatic rings. The summed E-state index contributed by atoms with van der Waals surface area (Å²) >= 11 is 1.56. The van der Waals surface area contributed by atoms with E-state index in [9.17, 15) is 9.90 Å². The van der Waals surface area contributed by atoms with Gasteiger partial charge in [0.05, 0.1) is 36.1 Å². The molecule has 31 heavy (non-hydrogen) atoms. The second-order valence-corrected chi connectivity index (χ2v) is 8.16. The van der Waals surface area contributed by atoms with E-state index in [2.05, 4.69) is 5.10 Å². The summed E-state index contributed by atoms with van der Waals surface area (Å²) < 4.78 is 17.6. The Morgan fingerprint density at radius 3 is 2.77 bits per heavy atom. The first-order valence-electron chi connectivity index (χ1n) is 9.87. The molecule has 0 radical (unpaired) electrons. The highest BCUT2D eigenvalue weighted by molar-refractivity contribution is 7.13. The number of aliphatic hydroxyl groups excluding tert-OH is 1. The number of benzene rings is 2. The number of hydrogen-bond acceptors (Lipinski definition) is 7. The van der Waals surface area contributed by atoms with Crippen LogP contribution in [0.2, 0.25) is 0 Å². The fraction of sp³-hybridized carbons (Fsp3) is 0.217. The highest BCUT2D eigenvalue weighted by Crippen LogP contribution is 2.32. The molecular formula is C23H20N2O5S. The number of fused-ring (bicyclic) bond motifs is 2. The third-order valence-electron chi connectivity index (χ3n) is 5.02. The Hall–Kier alpha value is -3.20. The molecule has 2 aromatic carbocycles. The molecule has 7 nitrogen and oxygen atoms in total. The van der Waals surface area contributed by atoms with Crippen LogP contribution in [0.4, 0.5) is 0 Å². The average molecular weight is 436 g/mol. The molecule has 158 valence electrons. The van der Waals surface area contributed by atoms with E-state index in [1.807, 2.05) is 53.9 Å². The molecule has 1 atom stereocenters. The van der Waals surface area contributed by atoms with Crippen molar-refractivity contribution in [3.05, 3.63) is 75.9 Å². The van der Waals surface area contributed by atoms with Crippen LogP contribution in [0.25, 0.3) is 21.3 Å². The molecule has 0 aliphatic carbocycles. The first kappa shape index (κ1) is 19.7. The van der Waals surface area contributed by atoms with Crippen LogP contribution in [0, 0.1) is 0 Å². The highest BCUT2D eigenvalue weighted by atomic mass is 32.1. The third kappa shape index (κ3) is 4.05. The Balaban J connectivity index is 1.31. The Morgan fingerprint density at radius 1 is 1.10 bits per heavy atom. The van der Waals surface area contributed by atoms with Gasteiger partial charge in [0.25, 0.3) is 5.56 Å². The number of thiophene rings is 1. The van der Waals surface area contributed by atoms with E-state index in [1.54, 1.807) is 17.4 Å². The molecule has 1 N–H and O–H groups in total. The van der Waals surface area contributed by atoms with Crippen molar-refractivity contribution in [3.8, 4) is 22.1 Å². The van der Waals surface area contributed by atoms with Gasteiger partial charge < -0.3 is 19.3 Å². The second kappa shape index (κ2) is 8.50. The van der Waals surface area contributed by atoms with E-state index in [1.165, 1.54) is 4.68 Å². The number of aromatic nitrogens is 2. The molecule has 0 saturated heterocycles. The Kier molecular flexibility index (Phi) is 5.42. The predicted octanol–water partition coefficient (Wildman–Crippen LogP) is 3.43. The maximum Gasteiger partial charge on any atom is 0.274 e. The summed E-state index contributed by atoms with van der Waals surface area (Å²) in [6.07, 6.45) is -0.878. The van der Waals surface area contributed by atoms with Crippen molar-refractivity contribution >= 4 is 22.1 Å². The van der Waals surface area contributed by atoms with Gasteiger partial charge in [0.15, 0.2) is 11.5 Å². The molecule has 0 spiro atoms. The first-order chi connectivity index (χ1) is 15.2. The summed E-state index contributed by atoms with van der Waals surface area (Å²) in [5.41, 5.74) is 1.42. The van der Waals surface area contributed by atoms with E-state index in [4.69, 9.17) is 14.2 Å². The zero-order valence-electron chi connectivity index (χ0n) is 16.6. The maximum atomic E-state index is 12.9. The van der Waals surface area contributed by atoms with Crippen molar-refractivity contribution in [2.24, 2.45) is 0 Å². The lowest BCUT2D eigenvalue weighted by Crippen LogP contribution is -2.31. The van der Waals surface area contributed by atoms with Gasteiger partial charge >= 0.3 is 0 Å². The van der Waals surface area contributed by atoms with E-state index in [0.29, 0.717) is 23.5 Å². The number of ether oxygens (including phenoxy) is 3. The summed E-state index contributed by atoms with van der Waals surface area (Å²) in [4.78, 5) is 13.9. The summed E-state index contributed by atoms with van der Waals surface area (Å²) in [6, 6.07) is 16.9. The average Bonchev–Trinajstić information content (AvgIpc) is 3.47. The normalized spacial score (nSPS) is 13.6. The zero-order valence-corrected chi connectivity index (χ0v) is 17.4. The van der Waals surface area contributed by atoms with Gasteiger partial charge in [-0.25, -0.2) is 4.68 Å². The van der Waals surface area contributed by atoms with Gasteiger partial charge in [0.1, 0.15) is 5.69 Å².